The van der Waals surface area contributed by atoms with Gasteiger partial charge in [0, 0.05) is 25.7 Å². The molecule has 1 N–H and O–H groups in total. The van der Waals surface area contributed by atoms with E-state index in [1.54, 1.807) is 12.1 Å². The lowest BCUT2D eigenvalue weighted by molar-refractivity contribution is -0.125. The fourth-order valence-electron chi connectivity index (χ4n) is 4.32. The lowest BCUT2D eigenvalue weighted by Gasteiger charge is -2.33. The molecule has 4 rings (SSSR count). The van der Waals surface area contributed by atoms with Gasteiger partial charge in [0.1, 0.15) is 5.82 Å². The number of rotatable bonds is 8. The molecule has 1 aliphatic heterocycles. The molecule has 3 aromatic rings. The molecule has 33 heavy (non-hydrogen) atoms. The quantitative estimate of drug-likeness (QED) is 0.537. The van der Waals surface area contributed by atoms with Crippen LogP contribution < -0.4 is 15.8 Å². The average molecular weight is 445 g/mol. The molecular weight excluding hydrogens is 412 g/mol. The average Bonchev–Trinajstić information content (AvgIpc) is 2.87. The van der Waals surface area contributed by atoms with Crippen molar-refractivity contribution in [2.75, 3.05) is 24.5 Å². The van der Waals surface area contributed by atoms with Gasteiger partial charge in [0.2, 0.25) is 5.91 Å². The Hall–Kier alpha value is -3.41. The SMILES string of the molecule is CCc1ccc(-n2nc(N3CCC[C@H](C(=O)NCCCc4ccccc4)C3)ccc2=O)cc1. The van der Waals surface area contributed by atoms with Crippen LogP contribution in [0.15, 0.2) is 71.5 Å². The Morgan fingerprint density at radius 2 is 1.82 bits per heavy atom. The summed E-state index contributed by atoms with van der Waals surface area (Å²) in [6.07, 6.45) is 4.64. The van der Waals surface area contributed by atoms with Crippen molar-refractivity contribution in [1.82, 2.24) is 15.1 Å². The predicted molar refractivity (Wildman–Crippen MR) is 132 cm³/mol. The molecular formula is C27H32N4O2. The molecule has 0 unspecified atom stereocenters. The Kier molecular flexibility index (Phi) is 7.55. The fourth-order valence-corrected chi connectivity index (χ4v) is 4.32. The Morgan fingerprint density at radius 1 is 1.03 bits per heavy atom. The fraction of sp³-hybridized carbons (Fsp3) is 0.370. The van der Waals surface area contributed by atoms with Crippen molar-refractivity contribution in [2.24, 2.45) is 5.92 Å². The molecule has 0 spiro atoms. The summed E-state index contributed by atoms with van der Waals surface area (Å²) < 4.78 is 1.45. The number of amides is 1. The van der Waals surface area contributed by atoms with Crippen molar-refractivity contribution in [1.29, 1.82) is 0 Å². The van der Waals surface area contributed by atoms with Crippen molar-refractivity contribution < 1.29 is 4.79 Å². The first-order valence-corrected chi connectivity index (χ1v) is 11.9. The summed E-state index contributed by atoms with van der Waals surface area (Å²) in [5.41, 5.74) is 3.11. The summed E-state index contributed by atoms with van der Waals surface area (Å²) in [6, 6.07) is 21.6. The van der Waals surface area contributed by atoms with Crippen molar-refractivity contribution in [3.8, 4) is 5.69 Å². The molecule has 0 aliphatic carbocycles. The molecule has 1 fully saturated rings. The molecule has 0 bridgehead atoms. The highest BCUT2D eigenvalue weighted by molar-refractivity contribution is 5.79. The third-order valence-corrected chi connectivity index (χ3v) is 6.28. The summed E-state index contributed by atoms with van der Waals surface area (Å²) in [4.78, 5) is 27.3. The van der Waals surface area contributed by atoms with Crippen molar-refractivity contribution in [3.05, 3.63) is 88.2 Å². The molecule has 2 aromatic carbocycles. The third kappa shape index (κ3) is 5.89. The lowest BCUT2D eigenvalue weighted by atomic mass is 9.97. The van der Waals surface area contributed by atoms with Crippen LogP contribution in [0.1, 0.15) is 37.3 Å². The first-order valence-electron chi connectivity index (χ1n) is 11.9. The van der Waals surface area contributed by atoms with E-state index in [1.807, 2.05) is 42.5 Å². The molecule has 0 saturated carbocycles. The van der Waals surface area contributed by atoms with E-state index in [0.717, 1.165) is 50.2 Å². The zero-order valence-electron chi connectivity index (χ0n) is 19.2. The maximum absolute atomic E-state index is 12.8. The zero-order valence-corrected chi connectivity index (χ0v) is 19.2. The van der Waals surface area contributed by atoms with Crippen LogP contribution in [-0.4, -0.2) is 35.3 Å². The molecule has 6 nitrogen and oxygen atoms in total. The summed E-state index contributed by atoms with van der Waals surface area (Å²) in [7, 11) is 0. The number of carbonyl (C=O) groups is 1. The van der Waals surface area contributed by atoms with Crippen molar-refractivity contribution >= 4 is 11.7 Å². The van der Waals surface area contributed by atoms with E-state index in [9.17, 15) is 9.59 Å². The highest BCUT2D eigenvalue weighted by atomic mass is 16.2. The number of nitrogens with zero attached hydrogens (tertiary/aromatic N) is 3. The number of hydrogen-bond donors (Lipinski definition) is 1. The van der Waals surface area contributed by atoms with Gasteiger partial charge in [0.15, 0.2) is 0 Å². The topological polar surface area (TPSA) is 67.2 Å². The van der Waals surface area contributed by atoms with Crippen LogP contribution in [0.4, 0.5) is 5.82 Å². The molecule has 1 atom stereocenters. The summed E-state index contributed by atoms with van der Waals surface area (Å²) in [5.74, 6) is 0.772. The molecule has 1 saturated heterocycles. The standard InChI is InChI=1S/C27H32N4O2/c1-2-21-12-14-24(15-13-21)31-26(32)17-16-25(29-31)30-19-7-11-23(20-30)27(33)28-18-6-10-22-8-4-3-5-9-22/h3-5,8-9,12-17,23H,2,6-7,10-11,18-20H2,1H3,(H,28,33)/t23-/m0/s1. The third-order valence-electron chi connectivity index (χ3n) is 6.28. The van der Waals surface area contributed by atoms with E-state index in [1.165, 1.54) is 15.8 Å². The lowest BCUT2D eigenvalue weighted by Crippen LogP contribution is -2.44. The second-order valence-electron chi connectivity index (χ2n) is 8.63. The highest BCUT2D eigenvalue weighted by Gasteiger charge is 2.26. The smallest absolute Gasteiger partial charge is 0.271 e. The Morgan fingerprint density at radius 3 is 2.58 bits per heavy atom. The Balaban J connectivity index is 1.36. The zero-order chi connectivity index (χ0) is 23.0. The molecule has 2 heterocycles. The summed E-state index contributed by atoms with van der Waals surface area (Å²) in [5, 5.41) is 7.73. The van der Waals surface area contributed by atoms with E-state index in [4.69, 9.17) is 0 Å². The molecule has 172 valence electrons. The molecule has 1 amide bonds. The predicted octanol–water partition coefficient (Wildman–Crippen LogP) is 3.76. The maximum Gasteiger partial charge on any atom is 0.271 e. The molecule has 1 aromatic heterocycles. The van der Waals surface area contributed by atoms with Crippen molar-refractivity contribution in [3.63, 3.8) is 0 Å². The van der Waals surface area contributed by atoms with E-state index in [2.05, 4.69) is 34.4 Å². The van der Waals surface area contributed by atoms with Gasteiger partial charge in [-0.05, 0) is 61.4 Å². The first-order chi connectivity index (χ1) is 16.1. The molecule has 0 radical (unpaired) electrons. The number of anilines is 1. The minimum atomic E-state index is -0.160. The number of aryl methyl sites for hydroxylation is 2. The van der Waals surface area contributed by atoms with Gasteiger partial charge < -0.3 is 10.2 Å². The largest absolute Gasteiger partial charge is 0.356 e. The van der Waals surface area contributed by atoms with Crippen LogP contribution in [0.25, 0.3) is 5.69 Å². The minimum absolute atomic E-state index is 0.0681. The molecule has 1 aliphatic rings. The number of nitrogens with one attached hydrogen (secondary N) is 1. The summed E-state index contributed by atoms with van der Waals surface area (Å²) >= 11 is 0. The number of carbonyl (C=O) groups excluding carboxylic acids is 1. The van der Waals surface area contributed by atoms with Gasteiger partial charge >= 0.3 is 0 Å². The number of piperidine rings is 1. The van der Waals surface area contributed by atoms with Gasteiger partial charge in [-0.25, -0.2) is 0 Å². The van der Waals surface area contributed by atoms with Crippen LogP contribution in [0.5, 0.6) is 0 Å². The van der Waals surface area contributed by atoms with Gasteiger partial charge in [-0.15, -0.1) is 5.10 Å². The number of aromatic nitrogens is 2. The van der Waals surface area contributed by atoms with E-state index in [0.29, 0.717) is 13.1 Å². The van der Waals surface area contributed by atoms with Crippen molar-refractivity contribution in [2.45, 2.75) is 39.0 Å². The van der Waals surface area contributed by atoms with Gasteiger partial charge in [0.05, 0.1) is 11.6 Å². The van der Waals surface area contributed by atoms with E-state index >= 15 is 0 Å². The number of hydrogen-bond acceptors (Lipinski definition) is 4. The normalized spacial score (nSPS) is 15.9. The van der Waals surface area contributed by atoms with Crippen LogP contribution in [0, 0.1) is 5.92 Å². The van der Waals surface area contributed by atoms with E-state index < -0.39 is 0 Å². The maximum atomic E-state index is 12.8. The minimum Gasteiger partial charge on any atom is -0.356 e. The summed E-state index contributed by atoms with van der Waals surface area (Å²) in [6.45, 7) is 4.23. The van der Waals surface area contributed by atoms with Crippen LogP contribution in [0.2, 0.25) is 0 Å². The highest BCUT2D eigenvalue weighted by Crippen LogP contribution is 2.21. The van der Waals surface area contributed by atoms with Gasteiger partial charge in [0.25, 0.3) is 5.56 Å². The molecule has 6 heteroatoms. The second kappa shape index (κ2) is 10.9. The van der Waals surface area contributed by atoms with E-state index in [-0.39, 0.29) is 17.4 Å². The van der Waals surface area contributed by atoms with Crippen LogP contribution in [-0.2, 0) is 17.6 Å². The van der Waals surface area contributed by atoms with Crippen LogP contribution in [0.3, 0.4) is 0 Å². The first kappa shape index (κ1) is 22.8. The van der Waals surface area contributed by atoms with Gasteiger partial charge in [-0.3, -0.25) is 9.59 Å². The second-order valence-corrected chi connectivity index (χ2v) is 8.63. The van der Waals surface area contributed by atoms with Crippen LogP contribution >= 0.6 is 0 Å². The van der Waals surface area contributed by atoms with Gasteiger partial charge in [-0.2, -0.15) is 4.68 Å². The number of benzene rings is 2. The Labute approximate surface area is 195 Å². The Bertz CT molecular complexity index is 1110. The monoisotopic (exact) mass is 444 g/mol. The van der Waals surface area contributed by atoms with Gasteiger partial charge in [-0.1, -0.05) is 49.4 Å².